The highest BCUT2D eigenvalue weighted by Gasteiger charge is 2.25. The maximum absolute atomic E-state index is 12.0. The van der Waals surface area contributed by atoms with Gasteiger partial charge in [0.2, 0.25) is 5.91 Å². The molecule has 0 aromatic heterocycles. The molecule has 18 heavy (non-hydrogen) atoms. The Hall–Kier alpha value is -0.610. The minimum atomic E-state index is -0.0964. The molecule has 1 saturated carbocycles. The van der Waals surface area contributed by atoms with Crippen molar-refractivity contribution < 1.29 is 9.53 Å². The second-order valence-electron chi connectivity index (χ2n) is 5.78. The molecule has 3 atom stereocenters. The third kappa shape index (κ3) is 3.95. The number of amides is 1. The molecule has 4 heteroatoms. The molecular weight excluding hydrogens is 228 g/mol. The third-order valence-corrected chi connectivity index (χ3v) is 4.07. The first kappa shape index (κ1) is 13.8. The van der Waals surface area contributed by atoms with Gasteiger partial charge in [0.15, 0.2) is 0 Å². The van der Waals surface area contributed by atoms with Crippen LogP contribution in [0.25, 0.3) is 0 Å². The van der Waals surface area contributed by atoms with Gasteiger partial charge in [-0.15, -0.1) is 0 Å². The molecule has 2 aliphatic rings. The van der Waals surface area contributed by atoms with Gasteiger partial charge in [0.25, 0.3) is 0 Å². The van der Waals surface area contributed by atoms with E-state index in [4.69, 9.17) is 4.74 Å². The number of carbonyl (C=O) groups excluding carboxylic acids is 1. The van der Waals surface area contributed by atoms with Crippen LogP contribution in [-0.2, 0) is 9.53 Å². The Kier molecular flexibility index (Phi) is 5.01. The largest absolute Gasteiger partial charge is 0.378 e. The summed E-state index contributed by atoms with van der Waals surface area (Å²) in [6.07, 6.45) is 7.11. The highest BCUT2D eigenvalue weighted by molar-refractivity contribution is 5.81. The molecule has 1 amide bonds. The van der Waals surface area contributed by atoms with Crippen molar-refractivity contribution in [3.63, 3.8) is 0 Å². The lowest BCUT2D eigenvalue weighted by molar-refractivity contribution is -0.124. The van der Waals surface area contributed by atoms with Gasteiger partial charge in [-0.1, -0.05) is 12.8 Å². The van der Waals surface area contributed by atoms with Gasteiger partial charge >= 0.3 is 0 Å². The molecule has 0 aromatic rings. The van der Waals surface area contributed by atoms with Crippen molar-refractivity contribution in [3.8, 4) is 0 Å². The van der Waals surface area contributed by atoms with Gasteiger partial charge in [-0.05, 0) is 39.5 Å². The Morgan fingerprint density at radius 1 is 1.22 bits per heavy atom. The van der Waals surface area contributed by atoms with Crippen LogP contribution < -0.4 is 10.6 Å². The second kappa shape index (κ2) is 6.53. The van der Waals surface area contributed by atoms with Gasteiger partial charge in [0, 0.05) is 18.7 Å². The van der Waals surface area contributed by atoms with E-state index in [1.165, 1.54) is 12.8 Å². The van der Waals surface area contributed by atoms with Crippen LogP contribution in [0.15, 0.2) is 0 Å². The standard InChI is InChI=1S/C14H26N2O2/c1-10-9-13(7-8-18-10)15-11(2)14(17)16-12-5-3-4-6-12/h10-13,15H,3-9H2,1-2H3,(H,16,17). The third-order valence-electron chi connectivity index (χ3n) is 4.07. The van der Waals surface area contributed by atoms with Crippen molar-refractivity contribution in [2.75, 3.05) is 6.61 Å². The molecular formula is C14H26N2O2. The number of hydrogen-bond acceptors (Lipinski definition) is 3. The van der Waals surface area contributed by atoms with Crippen LogP contribution in [0.5, 0.6) is 0 Å². The molecule has 104 valence electrons. The predicted molar refractivity (Wildman–Crippen MR) is 71.4 cm³/mol. The summed E-state index contributed by atoms with van der Waals surface area (Å²) in [7, 11) is 0. The van der Waals surface area contributed by atoms with Crippen LogP contribution in [-0.4, -0.2) is 36.7 Å². The Morgan fingerprint density at radius 3 is 2.61 bits per heavy atom. The summed E-state index contributed by atoms with van der Waals surface area (Å²) in [6.45, 7) is 4.86. The van der Waals surface area contributed by atoms with Crippen molar-refractivity contribution in [3.05, 3.63) is 0 Å². The predicted octanol–water partition coefficient (Wildman–Crippen LogP) is 1.59. The van der Waals surface area contributed by atoms with Gasteiger partial charge in [-0.25, -0.2) is 0 Å². The molecule has 3 unspecified atom stereocenters. The van der Waals surface area contributed by atoms with Crippen LogP contribution in [0.3, 0.4) is 0 Å². The lowest BCUT2D eigenvalue weighted by Crippen LogP contribution is -2.50. The van der Waals surface area contributed by atoms with E-state index in [1.54, 1.807) is 0 Å². The Labute approximate surface area is 110 Å². The first-order valence-corrected chi connectivity index (χ1v) is 7.33. The zero-order valence-electron chi connectivity index (χ0n) is 11.6. The first-order valence-electron chi connectivity index (χ1n) is 7.33. The van der Waals surface area contributed by atoms with E-state index in [1.807, 2.05) is 6.92 Å². The Morgan fingerprint density at radius 2 is 1.94 bits per heavy atom. The highest BCUT2D eigenvalue weighted by Crippen LogP contribution is 2.18. The summed E-state index contributed by atoms with van der Waals surface area (Å²) >= 11 is 0. The highest BCUT2D eigenvalue weighted by atomic mass is 16.5. The zero-order chi connectivity index (χ0) is 13.0. The monoisotopic (exact) mass is 254 g/mol. The average molecular weight is 254 g/mol. The maximum Gasteiger partial charge on any atom is 0.237 e. The topological polar surface area (TPSA) is 50.4 Å². The normalized spacial score (nSPS) is 31.2. The number of hydrogen-bond donors (Lipinski definition) is 2. The number of nitrogens with one attached hydrogen (secondary N) is 2. The van der Waals surface area contributed by atoms with E-state index >= 15 is 0 Å². The van der Waals surface area contributed by atoms with Gasteiger partial charge < -0.3 is 15.4 Å². The lowest BCUT2D eigenvalue weighted by atomic mass is 10.0. The molecule has 0 bridgehead atoms. The zero-order valence-corrected chi connectivity index (χ0v) is 11.6. The fourth-order valence-corrected chi connectivity index (χ4v) is 2.97. The molecule has 2 rings (SSSR count). The number of ether oxygens (including phenoxy) is 1. The molecule has 1 heterocycles. The van der Waals surface area contributed by atoms with Crippen molar-refractivity contribution >= 4 is 5.91 Å². The molecule has 1 aliphatic carbocycles. The molecule has 4 nitrogen and oxygen atoms in total. The maximum atomic E-state index is 12.0. The van der Waals surface area contributed by atoms with Gasteiger partial charge in [0.1, 0.15) is 0 Å². The summed E-state index contributed by atoms with van der Waals surface area (Å²) in [4.78, 5) is 12.0. The van der Waals surface area contributed by atoms with Crippen LogP contribution in [0.1, 0.15) is 52.4 Å². The van der Waals surface area contributed by atoms with Crippen molar-refractivity contribution in [2.24, 2.45) is 0 Å². The molecule has 2 N–H and O–H groups in total. The summed E-state index contributed by atoms with van der Waals surface area (Å²) < 4.78 is 5.52. The molecule has 0 spiro atoms. The second-order valence-corrected chi connectivity index (χ2v) is 5.78. The van der Waals surface area contributed by atoms with Crippen molar-refractivity contribution in [2.45, 2.75) is 76.6 Å². The molecule has 2 fully saturated rings. The molecule has 0 aromatic carbocycles. The van der Waals surface area contributed by atoms with E-state index < -0.39 is 0 Å². The average Bonchev–Trinajstić information content (AvgIpc) is 2.81. The SMILES string of the molecule is CC1CC(NC(C)C(=O)NC2CCCC2)CCO1. The van der Waals surface area contributed by atoms with Crippen LogP contribution in [0.2, 0.25) is 0 Å². The summed E-state index contributed by atoms with van der Waals surface area (Å²) in [6, 6.07) is 0.731. The van der Waals surface area contributed by atoms with Gasteiger partial charge in [0.05, 0.1) is 12.1 Å². The van der Waals surface area contributed by atoms with Crippen molar-refractivity contribution in [1.29, 1.82) is 0 Å². The van der Waals surface area contributed by atoms with Gasteiger partial charge in [-0.2, -0.15) is 0 Å². The first-order chi connectivity index (χ1) is 8.65. The quantitative estimate of drug-likeness (QED) is 0.801. The molecule has 0 radical (unpaired) electrons. The minimum absolute atomic E-state index is 0.0964. The molecule has 1 saturated heterocycles. The fourth-order valence-electron chi connectivity index (χ4n) is 2.97. The Bertz CT molecular complexity index is 277. The number of rotatable bonds is 4. The van der Waals surface area contributed by atoms with E-state index in [2.05, 4.69) is 17.6 Å². The van der Waals surface area contributed by atoms with E-state index in [0.717, 1.165) is 32.3 Å². The van der Waals surface area contributed by atoms with Crippen LogP contribution in [0, 0.1) is 0 Å². The minimum Gasteiger partial charge on any atom is -0.378 e. The molecule has 1 aliphatic heterocycles. The lowest BCUT2D eigenvalue weighted by Gasteiger charge is -2.30. The van der Waals surface area contributed by atoms with E-state index in [9.17, 15) is 4.79 Å². The smallest absolute Gasteiger partial charge is 0.237 e. The van der Waals surface area contributed by atoms with Crippen LogP contribution in [0.4, 0.5) is 0 Å². The Balaban J connectivity index is 1.72. The summed E-state index contributed by atoms with van der Waals surface area (Å²) in [5, 5.41) is 6.58. The van der Waals surface area contributed by atoms with Crippen LogP contribution >= 0.6 is 0 Å². The summed E-state index contributed by atoms with van der Waals surface area (Å²) in [5.74, 6) is 0.154. The number of carbonyl (C=O) groups is 1. The summed E-state index contributed by atoms with van der Waals surface area (Å²) in [5.41, 5.74) is 0. The van der Waals surface area contributed by atoms with E-state index in [-0.39, 0.29) is 11.9 Å². The fraction of sp³-hybridized carbons (Fsp3) is 0.929. The van der Waals surface area contributed by atoms with Crippen molar-refractivity contribution in [1.82, 2.24) is 10.6 Å². The van der Waals surface area contributed by atoms with E-state index in [0.29, 0.717) is 18.2 Å². The van der Waals surface area contributed by atoms with Gasteiger partial charge in [-0.3, -0.25) is 4.79 Å².